The van der Waals surface area contributed by atoms with Crippen molar-refractivity contribution in [3.63, 3.8) is 0 Å². The number of nitrogens with zero attached hydrogens (tertiary/aromatic N) is 4. The molecule has 0 aliphatic rings. The Bertz CT molecular complexity index is 454. The van der Waals surface area contributed by atoms with Gasteiger partial charge in [0.15, 0.2) is 5.15 Å². The topological polar surface area (TPSA) is 41.9 Å². The van der Waals surface area contributed by atoms with Gasteiger partial charge in [0.2, 0.25) is 0 Å². The first kappa shape index (κ1) is 9.76. The van der Waals surface area contributed by atoms with Crippen molar-refractivity contribution in [3.05, 3.63) is 16.5 Å². The number of thiazole rings is 1. The van der Waals surface area contributed by atoms with Gasteiger partial charge in [0.25, 0.3) is 0 Å². The van der Waals surface area contributed by atoms with Gasteiger partial charge >= 0.3 is 0 Å². The first-order valence-corrected chi connectivity index (χ1v) is 5.27. The van der Waals surface area contributed by atoms with Crippen LogP contribution in [0.1, 0.15) is 5.01 Å². The Kier molecular flexibility index (Phi) is 2.62. The molecule has 0 aromatic carbocycles. The summed E-state index contributed by atoms with van der Waals surface area (Å²) >= 11 is 7.44. The fourth-order valence-electron chi connectivity index (χ4n) is 1.11. The van der Waals surface area contributed by atoms with Crippen molar-refractivity contribution in [2.75, 3.05) is 14.1 Å². The zero-order valence-corrected chi connectivity index (χ0v) is 9.43. The summed E-state index contributed by atoms with van der Waals surface area (Å²) < 4.78 is 0. The second-order valence-corrected chi connectivity index (χ2v) is 4.58. The molecule has 0 aliphatic heterocycles. The maximum absolute atomic E-state index is 5.89. The molecule has 0 saturated heterocycles. The van der Waals surface area contributed by atoms with Crippen LogP contribution >= 0.6 is 22.9 Å². The molecule has 2 rings (SSSR count). The van der Waals surface area contributed by atoms with Gasteiger partial charge in [-0.05, 0) is 14.1 Å². The van der Waals surface area contributed by atoms with E-state index in [1.165, 1.54) is 6.33 Å². The highest BCUT2D eigenvalue weighted by atomic mass is 35.5. The molecule has 2 aromatic heterocycles. The minimum atomic E-state index is 0.427. The van der Waals surface area contributed by atoms with E-state index in [-0.39, 0.29) is 0 Å². The highest BCUT2D eigenvalue weighted by Crippen LogP contribution is 2.24. The lowest BCUT2D eigenvalue weighted by Crippen LogP contribution is -2.10. The van der Waals surface area contributed by atoms with Gasteiger partial charge < -0.3 is 4.90 Å². The Labute approximate surface area is 90.6 Å². The van der Waals surface area contributed by atoms with Gasteiger partial charge in [0.1, 0.15) is 21.7 Å². The van der Waals surface area contributed by atoms with Crippen molar-refractivity contribution in [1.29, 1.82) is 0 Å². The SMILES string of the molecule is CN(C)Cc1nc2c(Cl)ncnc2s1. The van der Waals surface area contributed by atoms with Crippen LogP contribution in [-0.4, -0.2) is 33.9 Å². The second-order valence-electron chi connectivity index (χ2n) is 3.16. The summed E-state index contributed by atoms with van der Waals surface area (Å²) in [5, 5.41) is 1.43. The third kappa shape index (κ3) is 1.84. The highest BCUT2D eigenvalue weighted by Gasteiger charge is 2.08. The predicted molar refractivity (Wildman–Crippen MR) is 57.6 cm³/mol. The maximum atomic E-state index is 5.89. The van der Waals surface area contributed by atoms with Gasteiger partial charge in [-0.1, -0.05) is 22.9 Å². The van der Waals surface area contributed by atoms with Gasteiger partial charge in [0.05, 0.1) is 0 Å². The molecule has 74 valence electrons. The van der Waals surface area contributed by atoms with Crippen molar-refractivity contribution >= 4 is 33.3 Å². The predicted octanol–water partition coefficient (Wildman–Crippen LogP) is 1.80. The zero-order valence-electron chi connectivity index (χ0n) is 7.86. The average molecular weight is 229 g/mol. The third-order valence-electron chi connectivity index (χ3n) is 1.65. The second kappa shape index (κ2) is 3.76. The molecular formula is C8H9ClN4S. The molecule has 0 radical (unpaired) electrons. The van der Waals surface area contributed by atoms with Crippen LogP contribution in [0.3, 0.4) is 0 Å². The number of hydrogen-bond donors (Lipinski definition) is 0. The molecule has 0 unspecified atom stereocenters. The van der Waals surface area contributed by atoms with Gasteiger partial charge in [-0.25, -0.2) is 15.0 Å². The van der Waals surface area contributed by atoms with Crippen LogP contribution in [0, 0.1) is 0 Å². The monoisotopic (exact) mass is 228 g/mol. The molecule has 0 atom stereocenters. The molecule has 0 aliphatic carbocycles. The lowest BCUT2D eigenvalue weighted by atomic mass is 10.5. The summed E-state index contributed by atoms with van der Waals surface area (Å²) in [6, 6.07) is 0. The maximum Gasteiger partial charge on any atom is 0.159 e. The molecule has 0 bridgehead atoms. The van der Waals surface area contributed by atoms with Crippen molar-refractivity contribution in [1.82, 2.24) is 19.9 Å². The molecule has 6 heteroatoms. The van der Waals surface area contributed by atoms with Gasteiger partial charge in [0, 0.05) is 6.54 Å². The number of fused-ring (bicyclic) bond motifs is 1. The van der Waals surface area contributed by atoms with E-state index in [4.69, 9.17) is 11.6 Å². The number of aromatic nitrogens is 3. The lowest BCUT2D eigenvalue weighted by Gasteiger charge is -2.04. The smallest absolute Gasteiger partial charge is 0.159 e. The minimum Gasteiger partial charge on any atom is -0.303 e. The molecule has 14 heavy (non-hydrogen) atoms. The van der Waals surface area contributed by atoms with E-state index in [9.17, 15) is 0 Å². The molecule has 0 N–H and O–H groups in total. The van der Waals surface area contributed by atoms with E-state index in [2.05, 4.69) is 19.9 Å². The molecule has 4 nitrogen and oxygen atoms in total. The molecule has 0 spiro atoms. The van der Waals surface area contributed by atoms with E-state index in [1.54, 1.807) is 11.3 Å². The molecular weight excluding hydrogens is 220 g/mol. The first-order valence-electron chi connectivity index (χ1n) is 4.07. The molecule has 2 aromatic rings. The number of halogens is 1. The Morgan fingerprint density at radius 2 is 2.21 bits per heavy atom. The normalized spacial score (nSPS) is 11.4. The minimum absolute atomic E-state index is 0.427. The largest absolute Gasteiger partial charge is 0.303 e. The quantitative estimate of drug-likeness (QED) is 0.736. The van der Waals surface area contributed by atoms with E-state index >= 15 is 0 Å². The van der Waals surface area contributed by atoms with Gasteiger partial charge in [-0.15, -0.1) is 0 Å². The highest BCUT2D eigenvalue weighted by molar-refractivity contribution is 7.18. The summed E-state index contributed by atoms with van der Waals surface area (Å²) in [5.41, 5.74) is 0.705. The zero-order chi connectivity index (χ0) is 10.1. The molecule has 0 saturated carbocycles. The van der Waals surface area contributed by atoms with Crippen LogP contribution in [0.2, 0.25) is 5.15 Å². The fraction of sp³-hybridized carbons (Fsp3) is 0.375. The summed E-state index contributed by atoms with van der Waals surface area (Å²) in [7, 11) is 4.00. The van der Waals surface area contributed by atoms with Crippen molar-refractivity contribution < 1.29 is 0 Å². The Morgan fingerprint density at radius 1 is 1.43 bits per heavy atom. The molecule has 2 heterocycles. The summed E-state index contributed by atoms with van der Waals surface area (Å²) in [4.78, 5) is 15.3. The van der Waals surface area contributed by atoms with Crippen LogP contribution in [0.5, 0.6) is 0 Å². The summed E-state index contributed by atoms with van der Waals surface area (Å²) in [5.74, 6) is 0. The Morgan fingerprint density at radius 3 is 2.86 bits per heavy atom. The van der Waals surface area contributed by atoms with Crippen LogP contribution in [-0.2, 0) is 6.54 Å². The van der Waals surface area contributed by atoms with E-state index in [0.717, 1.165) is 16.4 Å². The number of hydrogen-bond acceptors (Lipinski definition) is 5. The van der Waals surface area contributed by atoms with Gasteiger partial charge in [-0.2, -0.15) is 0 Å². The lowest BCUT2D eigenvalue weighted by molar-refractivity contribution is 0.402. The van der Waals surface area contributed by atoms with E-state index in [1.807, 2.05) is 14.1 Å². The average Bonchev–Trinajstić information content (AvgIpc) is 2.47. The standard InChI is InChI=1S/C8H9ClN4S/c1-13(2)3-5-12-6-7(9)10-4-11-8(6)14-5/h4H,3H2,1-2H3. The fourth-order valence-corrected chi connectivity index (χ4v) is 2.36. The van der Waals surface area contributed by atoms with Crippen molar-refractivity contribution in [3.8, 4) is 0 Å². The van der Waals surface area contributed by atoms with Crippen LogP contribution < -0.4 is 0 Å². The van der Waals surface area contributed by atoms with Gasteiger partial charge in [-0.3, -0.25) is 0 Å². The number of rotatable bonds is 2. The van der Waals surface area contributed by atoms with Crippen LogP contribution in [0.4, 0.5) is 0 Å². The van der Waals surface area contributed by atoms with Crippen LogP contribution in [0.25, 0.3) is 10.3 Å². The summed E-state index contributed by atoms with van der Waals surface area (Å²) in [6.45, 7) is 0.803. The summed E-state index contributed by atoms with van der Waals surface area (Å²) in [6.07, 6.45) is 1.46. The molecule has 0 fully saturated rings. The Balaban J connectivity index is 2.46. The van der Waals surface area contributed by atoms with E-state index < -0.39 is 0 Å². The van der Waals surface area contributed by atoms with Crippen molar-refractivity contribution in [2.24, 2.45) is 0 Å². The Hall–Kier alpha value is -0.780. The van der Waals surface area contributed by atoms with Crippen LogP contribution in [0.15, 0.2) is 6.33 Å². The third-order valence-corrected chi connectivity index (χ3v) is 2.87. The first-order chi connectivity index (χ1) is 6.66. The van der Waals surface area contributed by atoms with E-state index in [0.29, 0.717) is 10.7 Å². The molecule has 0 amide bonds. The van der Waals surface area contributed by atoms with Crippen molar-refractivity contribution in [2.45, 2.75) is 6.54 Å².